The largest absolute Gasteiger partial charge is 0.363 e. The first-order valence-electron chi connectivity index (χ1n) is 4.50. The van der Waals surface area contributed by atoms with Gasteiger partial charge >= 0.3 is 0 Å². The highest BCUT2D eigenvalue weighted by atomic mass is 16.1. The number of imidazole rings is 1. The first-order valence-corrected chi connectivity index (χ1v) is 4.50. The van der Waals surface area contributed by atoms with E-state index in [-0.39, 0.29) is 5.56 Å². The number of anilines is 1. The molecule has 0 aromatic carbocycles. The van der Waals surface area contributed by atoms with Crippen LogP contribution in [0.5, 0.6) is 0 Å². The van der Waals surface area contributed by atoms with Crippen molar-refractivity contribution in [2.75, 3.05) is 5.32 Å². The monoisotopic (exact) mass is 205 g/mol. The summed E-state index contributed by atoms with van der Waals surface area (Å²) in [6.07, 6.45) is 4.95. The fourth-order valence-electron chi connectivity index (χ4n) is 1.20. The summed E-state index contributed by atoms with van der Waals surface area (Å²) in [6, 6.07) is 1.41. The van der Waals surface area contributed by atoms with Crippen LogP contribution >= 0.6 is 0 Å². The maximum atomic E-state index is 11.0. The Kier molecular flexibility index (Phi) is 2.49. The number of aromatic amines is 1. The Balaban J connectivity index is 2.05. The molecule has 0 spiro atoms. The Labute approximate surface area is 86.0 Å². The topological polar surface area (TPSA) is 75.6 Å². The van der Waals surface area contributed by atoms with Crippen molar-refractivity contribution in [1.82, 2.24) is 19.5 Å². The van der Waals surface area contributed by atoms with Crippen LogP contribution in [-0.4, -0.2) is 19.5 Å². The maximum absolute atomic E-state index is 11.0. The van der Waals surface area contributed by atoms with Gasteiger partial charge in [-0.1, -0.05) is 0 Å². The van der Waals surface area contributed by atoms with Crippen LogP contribution in [0, 0.1) is 0 Å². The fourth-order valence-corrected chi connectivity index (χ4v) is 1.20. The van der Waals surface area contributed by atoms with Gasteiger partial charge in [-0.15, -0.1) is 0 Å². The second kappa shape index (κ2) is 3.95. The molecule has 2 rings (SSSR count). The summed E-state index contributed by atoms with van der Waals surface area (Å²) in [6.45, 7) is 0.542. The Hall–Kier alpha value is -2.11. The second-order valence-corrected chi connectivity index (χ2v) is 3.10. The molecule has 0 radical (unpaired) electrons. The molecule has 6 heteroatoms. The third-order valence-electron chi connectivity index (χ3n) is 2.03. The van der Waals surface area contributed by atoms with Crippen LogP contribution in [0.2, 0.25) is 0 Å². The van der Waals surface area contributed by atoms with E-state index in [4.69, 9.17) is 0 Å². The van der Waals surface area contributed by atoms with Gasteiger partial charge in [0.15, 0.2) is 0 Å². The fraction of sp³-hybridized carbons (Fsp3) is 0.222. The third-order valence-corrected chi connectivity index (χ3v) is 2.03. The van der Waals surface area contributed by atoms with E-state index >= 15 is 0 Å². The molecule has 0 saturated heterocycles. The normalized spacial score (nSPS) is 10.2. The average molecular weight is 205 g/mol. The van der Waals surface area contributed by atoms with Crippen LogP contribution in [0.1, 0.15) is 5.82 Å². The van der Waals surface area contributed by atoms with E-state index in [2.05, 4.69) is 20.3 Å². The number of nitrogens with zero attached hydrogens (tertiary/aromatic N) is 3. The summed E-state index contributed by atoms with van der Waals surface area (Å²) >= 11 is 0. The number of rotatable bonds is 3. The zero-order valence-electron chi connectivity index (χ0n) is 8.27. The molecule has 0 saturated carbocycles. The lowest BCUT2D eigenvalue weighted by atomic mass is 10.5. The van der Waals surface area contributed by atoms with E-state index in [1.165, 1.54) is 12.4 Å². The quantitative estimate of drug-likeness (QED) is 0.746. The number of aryl methyl sites for hydroxylation is 1. The number of H-pyrrole nitrogens is 1. The summed E-state index contributed by atoms with van der Waals surface area (Å²) in [5.74, 6) is 1.43. The van der Waals surface area contributed by atoms with Crippen LogP contribution in [0.3, 0.4) is 0 Å². The van der Waals surface area contributed by atoms with Gasteiger partial charge in [0.05, 0.1) is 12.9 Å². The Bertz CT molecular complexity index is 501. The lowest BCUT2D eigenvalue weighted by molar-refractivity contribution is 0.810. The molecule has 78 valence electrons. The summed E-state index contributed by atoms with van der Waals surface area (Å²) in [5.41, 5.74) is -0.174. The van der Waals surface area contributed by atoms with Gasteiger partial charge in [-0.05, 0) is 0 Å². The van der Waals surface area contributed by atoms with Crippen LogP contribution < -0.4 is 10.9 Å². The van der Waals surface area contributed by atoms with Crippen molar-refractivity contribution in [3.8, 4) is 0 Å². The molecule has 0 aliphatic rings. The summed E-state index contributed by atoms with van der Waals surface area (Å²) in [5, 5.41) is 3.01. The van der Waals surface area contributed by atoms with E-state index in [0.29, 0.717) is 12.4 Å². The molecule has 0 unspecified atom stereocenters. The molecular weight excluding hydrogens is 194 g/mol. The Morgan fingerprint density at radius 1 is 1.53 bits per heavy atom. The number of hydrogen-bond acceptors (Lipinski definition) is 4. The minimum absolute atomic E-state index is 0.174. The Morgan fingerprint density at radius 2 is 2.40 bits per heavy atom. The molecule has 0 amide bonds. The molecule has 0 fully saturated rings. The van der Waals surface area contributed by atoms with Gasteiger partial charge in [-0.2, -0.15) is 0 Å². The maximum Gasteiger partial charge on any atom is 0.252 e. The van der Waals surface area contributed by atoms with Crippen molar-refractivity contribution in [3.05, 3.63) is 41.0 Å². The summed E-state index contributed by atoms with van der Waals surface area (Å²) in [7, 11) is 1.91. The molecule has 2 heterocycles. The minimum atomic E-state index is -0.174. The molecule has 2 aromatic heterocycles. The summed E-state index contributed by atoms with van der Waals surface area (Å²) < 4.78 is 1.90. The highest BCUT2D eigenvalue weighted by molar-refractivity contribution is 5.31. The van der Waals surface area contributed by atoms with E-state index in [1.54, 1.807) is 6.20 Å². The van der Waals surface area contributed by atoms with Gasteiger partial charge in [0.2, 0.25) is 0 Å². The SMILES string of the molecule is Cn1ccnc1CNc1cc(=O)[nH]cn1. The number of nitrogens with one attached hydrogen (secondary N) is 2. The molecule has 0 aliphatic carbocycles. The molecule has 0 bridgehead atoms. The van der Waals surface area contributed by atoms with Crippen LogP contribution in [0.25, 0.3) is 0 Å². The van der Waals surface area contributed by atoms with Crippen molar-refractivity contribution < 1.29 is 0 Å². The molecule has 6 nitrogen and oxygen atoms in total. The Morgan fingerprint density at radius 3 is 3.07 bits per heavy atom. The van der Waals surface area contributed by atoms with E-state index in [9.17, 15) is 4.79 Å². The molecule has 0 aliphatic heterocycles. The highest BCUT2D eigenvalue weighted by Gasteiger charge is 1.99. The van der Waals surface area contributed by atoms with E-state index in [0.717, 1.165) is 5.82 Å². The van der Waals surface area contributed by atoms with Crippen molar-refractivity contribution in [1.29, 1.82) is 0 Å². The van der Waals surface area contributed by atoms with Gasteiger partial charge < -0.3 is 14.9 Å². The number of hydrogen-bond donors (Lipinski definition) is 2. The van der Waals surface area contributed by atoms with Crippen molar-refractivity contribution >= 4 is 5.82 Å². The lowest BCUT2D eigenvalue weighted by Gasteiger charge is -2.04. The molecule has 2 N–H and O–H groups in total. The summed E-state index contributed by atoms with van der Waals surface area (Å²) in [4.78, 5) is 21.5. The zero-order valence-corrected chi connectivity index (χ0v) is 8.27. The third kappa shape index (κ3) is 2.22. The van der Waals surface area contributed by atoms with Crippen molar-refractivity contribution in [2.24, 2.45) is 7.05 Å². The lowest BCUT2D eigenvalue weighted by Crippen LogP contribution is -2.10. The van der Waals surface area contributed by atoms with Gasteiger partial charge in [-0.25, -0.2) is 9.97 Å². The highest BCUT2D eigenvalue weighted by Crippen LogP contribution is 2.00. The van der Waals surface area contributed by atoms with E-state index < -0.39 is 0 Å². The minimum Gasteiger partial charge on any atom is -0.363 e. The smallest absolute Gasteiger partial charge is 0.252 e. The first kappa shape index (κ1) is 9.45. The van der Waals surface area contributed by atoms with Gasteiger partial charge in [0.1, 0.15) is 11.6 Å². The van der Waals surface area contributed by atoms with E-state index in [1.807, 2.05) is 17.8 Å². The first-order chi connectivity index (χ1) is 7.25. The molecular formula is C9H11N5O. The van der Waals surface area contributed by atoms with Crippen LogP contribution in [0.15, 0.2) is 29.6 Å². The van der Waals surface area contributed by atoms with Crippen LogP contribution in [0.4, 0.5) is 5.82 Å². The molecule has 15 heavy (non-hydrogen) atoms. The average Bonchev–Trinajstić information content (AvgIpc) is 2.61. The van der Waals surface area contributed by atoms with Gasteiger partial charge in [0, 0.05) is 25.5 Å². The van der Waals surface area contributed by atoms with Gasteiger partial charge in [-0.3, -0.25) is 4.79 Å². The van der Waals surface area contributed by atoms with Crippen molar-refractivity contribution in [3.63, 3.8) is 0 Å². The predicted molar refractivity (Wildman–Crippen MR) is 55.4 cm³/mol. The van der Waals surface area contributed by atoms with Crippen LogP contribution in [-0.2, 0) is 13.6 Å². The zero-order chi connectivity index (χ0) is 10.7. The molecule has 2 aromatic rings. The second-order valence-electron chi connectivity index (χ2n) is 3.10. The number of aromatic nitrogens is 4. The standard InChI is InChI=1S/C9H11N5O/c1-14-3-2-10-8(14)5-11-7-4-9(15)13-6-12-7/h2-4,6H,5H2,1H3,(H2,11,12,13,15). The van der Waals surface area contributed by atoms with Gasteiger partial charge in [0.25, 0.3) is 5.56 Å². The van der Waals surface area contributed by atoms with Crippen molar-refractivity contribution in [2.45, 2.75) is 6.54 Å². The molecule has 0 atom stereocenters. The predicted octanol–water partition coefficient (Wildman–Crippen LogP) is 0.115.